The first-order valence-corrected chi connectivity index (χ1v) is 7.70. The van der Waals surface area contributed by atoms with Gasteiger partial charge >= 0.3 is 5.97 Å². The van der Waals surface area contributed by atoms with Crippen LogP contribution in [-0.2, 0) is 4.79 Å². The summed E-state index contributed by atoms with van der Waals surface area (Å²) in [5.41, 5.74) is 0. The minimum absolute atomic E-state index is 0.315. The average molecular weight is 268 g/mol. The number of rotatable bonds is 7. The van der Waals surface area contributed by atoms with Gasteiger partial charge in [-0.2, -0.15) is 0 Å². The number of likely N-dealkylation sites (tertiary alicyclic amines) is 1. The second kappa shape index (κ2) is 6.71. The number of hydrogen-bond donors (Lipinski definition) is 2. The van der Waals surface area contributed by atoms with Gasteiger partial charge in [-0.3, -0.25) is 4.79 Å². The van der Waals surface area contributed by atoms with Crippen LogP contribution in [0.4, 0.5) is 0 Å². The van der Waals surface area contributed by atoms with E-state index >= 15 is 0 Å². The highest BCUT2D eigenvalue weighted by Gasteiger charge is 2.32. The van der Waals surface area contributed by atoms with Crippen molar-refractivity contribution in [2.45, 2.75) is 45.6 Å². The van der Waals surface area contributed by atoms with Crippen LogP contribution in [-0.4, -0.2) is 48.2 Å². The lowest BCUT2D eigenvalue weighted by molar-refractivity contribution is -0.138. The maximum absolute atomic E-state index is 10.9. The van der Waals surface area contributed by atoms with Crippen molar-refractivity contribution in [1.82, 2.24) is 10.2 Å². The number of piperidine rings is 1. The fraction of sp³-hybridized carbons (Fsp3) is 0.933. The molecule has 1 aliphatic carbocycles. The molecule has 0 spiro atoms. The van der Waals surface area contributed by atoms with Gasteiger partial charge in [0.2, 0.25) is 0 Å². The standard InChI is InChI=1S/C15H28N2O2/c1-11(2)7-16-14-5-13(6-15(18)19)9-17(10-14)8-12-3-4-12/h11-14,16H,3-10H2,1-2H3,(H,18,19). The fourth-order valence-electron chi connectivity index (χ4n) is 3.06. The predicted octanol–water partition coefficient (Wildman–Crippen LogP) is 1.81. The molecule has 19 heavy (non-hydrogen) atoms. The van der Waals surface area contributed by atoms with Gasteiger partial charge in [-0.1, -0.05) is 13.8 Å². The summed E-state index contributed by atoms with van der Waals surface area (Å²) < 4.78 is 0. The van der Waals surface area contributed by atoms with Gasteiger partial charge in [-0.25, -0.2) is 0 Å². The molecule has 1 saturated carbocycles. The van der Waals surface area contributed by atoms with E-state index in [1.165, 1.54) is 19.4 Å². The molecule has 4 nitrogen and oxygen atoms in total. The first kappa shape index (κ1) is 14.8. The molecule has 4 heteroatoms. The van der Waals surface area contributed by atoms with E-state index in [4.69, 9.17) is 5.11 Å². The molecule has 1 heterocycles. The average Bonchev–Trinajstić information content (AvgIpc) is 3.09. The number of nitrogens with zero attached hydrogens (tertiary/aromatic N) is 1. The summed E-state index contributed by atoms with van der Waals surface area (Å²) in [6, 6.07) is 0.472. The largest absolute Gasteiger partial charge is 0.481 e. The Hall–Kier alpha value is -0.610. The SMILES string of the molecule is CC(C)CNC1CC(CC(=O)O)CN(CC2CC2)C1. The molecular formula is C15H28N2O2. The van der Waals surface area contributed by atoms with Crippen LogP contribution in [0.25, 0.3) is 0 Å². The third kappa shape index (κ3) is 5.49. The van der Waals surface area contributed by atoms with Gasteiger partial charge in [0.25, 0.3) is 0 Å². The summed E-state index contributed by atoms with van der Waals surface area (Å²) in [5, 5.41) is 12.6. The topological polar surface area (TPSA) is 52.6 Å². The normalized spacial score (nSPS) is 28.8. The van der Waals surface area contributed by atoms with E-state index in [0.29, 0.717) is 24.3 Å². The zero-order valence-corrected chi connectivity index (χ0v) is 12.3. The van der Waals surface area contributed by atoms with E-state index in [2.05, 4.69) is 24.1 Å². The van der Waals surface area contributed by atoms with Gasteiger partial charge in [0, 0.05) is 32.1 Å². The lowest BCUT2D eigenvalue weighted by Gasteiger charge is -2.38. The summed E-state index contributed by atoms with van der Waals surface area (Å²) in [6.45, 7) is 8.71. The summed E-state index contributed by atoms with van der Waals surface area (Å²) >= 11 is 0. The Balaban J connectivity index is 1.84. The Kier molecular flexibility index (Phi) is 5.22. The lowest BCUT2D eigenvalue weighted by atomic mass is 9.91. The van der Waals surface area contributed by atoms with Crippen LogP contribution in [0.15, 0.2) is 0 Å². The zero-order chi connectivity index (χ0) is 13.8. The highest BCUT2D eigenvalue weighted by Crippen LogP contribution is 2.31. The molecule has 2 fully saturated rings. The molecule has 0 radical (unpaired) electrons. The van der Waals surface area contributed by atoms with Crippen molar-refractivity contribution < 1.29 is 9.90 Å². The van der Waals surface area contributed by atoms with Crippen molar-refractivity contribution in [2.24, 2.45) is 17.8 Å². The van der Waals surface area contributed by atoms with Gasteiger partial charge in [0.15, 0.2) is 0 Å². The molecule has 2 aliphatic rings. The van der Waals surface area contributed by atoms with E-state index in [0.717, 1.165) is 32.0 Å². The maximum atomic E-state index is 10.9. The van der Waals surface area contributed by atoms with Crippen molar-refractivity contribution >= 4 is 5.97 Å². The van der Waals surface area contributed by atoms with E-state index in [-0.39, 0.29) is 0 Å². The van der Waals surface area contributed by atoms with Crippen molar-refractivity contribution in [3.8, 4) is 0 Å². The second-order valence-electron chi connectivity index (χ2n) is 6.86. The summed E-state index contributed by atoms with van der Waals surface area (Å²) in [7, 11) is 0. The first-order chi connectivity index (χ1) is 9.02. The predicted molar refractivity (Wildman–Crippen MR) is 76.2 cm³/mol. The van der Waals surface area contributed by atoms with Crippen LogP contribution >= 0.6 is 0 Å². The Bertz CT molecular complexity index is 303. The summed E-state index contributed by atoms with van der Waals surface area (Å²) in [6.07, 6.45) is 4.07. The summed E-state index contributed by atoms with van der Waals surface area (Å²) in [5.74, 6) is 1.20. The van der Waals surface area contributed by atoms with Gasteiger partial charge in [-0.15, -0.1) is 0 Å². The Labute approximate surface area is 116 Å². The highest BCUT2D eigenvalue weighted by atomic mass is 16.4. The fourth-order valence-corrected chi connectivity index (χ4v) is 3.06. The van der Waals surface area contributed by atoms with Gasteiger partial charge in [0.1, 0.15) is 0 Å². The van der Waals surface area contributed by atoms with Crippen LogP contribution in [0.1, 0.15) is 39.5 Å². The number of carbonyl (C=O) groups is 1. The quantitative estimate of drug-likeness (QED) is 0.739. The monoisotopic (exact) mass is 268 g/mol. The van der Waals surface area contributed by atoms with Gasteiger partial charge in [-0.05, 0) is 43.6 Å². The van der Waals surface area contributed by atoms with Crippen LogP contribution < -0.4 is 5.32 Å². The second-order valence-corrected chi connectivity index (χ2v) is 6.86. The van der Waals surface area contributed by atoms with Gasteiger partial charge < -0.3 is 15.3 Å². The van der Waals surface area contributed by atoms with Crippen LogP contribution in [0.3, 0.4) is 0 Å². The smallest absolute Gasteiger partial charge is 0.303 e. The molecule has 2 N–H and O–H groups in total. The van der Waals surface area contributed by atoms with E-state index in [9.17, 15) is 4.79 Å². The van der Waals surface area contributed by atoms with E-state index in [1.807, 2.05) is 0 Å². The van der Waals surface area contributed by atoms with Crippen LogP contribution in [0.5, 0.6) is 0 Å². The van der Waals surface area contributed by atoms with Gasteiger partial charge in [0.05, 0.1) is 0 Å². The molecule has 110 valence electrons. The Morgan fingerprint density at radius 1 is 1.32 bits per heavy atom. The molecule has 0 aromatic rings. The van der Waals surface area contributed by atoms with Crippen molar-refractivity contribution in [3.05, 3.63) is 0 Å². The third-order valence-corrected chi connectivity index (χ3v) is 4.10. The molecule has 0 aromatic heterocycles. The first-order valence-electron chi connectivity index (χ1n) is 7.70. The van der Waals surface area contributed by atoms with Crippen molar-refractivity contribution in [2.75, 3.05) is 26.2 Å². The third-order valence-electron chi connectivity index (χ3n) is 4.10. The van der Waals surface area contributed by atoms with Crippen LogP contribution in [0, 0.1) is 17.8 Å². The molecule has 1 saturated heterocycles. The van der Waals surface area contributed by atoms with E-state index in [1.54, 1.807) is 0 Å². The Morgan fingerprint density at radius 3 is 2.63 bits per heavy atom. The number of hydrogen-bond acceptors (Lipinski definition) is 3. The number of aliphatic carboxylic acids is 1. The van der Waals surface area contributed by atoms with E-state index < -0.39 is 5.97 Å². The molecule has 1 aliphatic heterocycles. The number of carboxylic acid groups (broad SMARTS) is 1. The maximum Gasteiger partial charge on any atom is 0.303 e. The molecule has 2 unspecified atom stereocenters. The number of nitrogens with one attached hydrogen (secondary N) is 1. The Morgan fingerprint density at radius 2 is 2.05 bits per heavy atom. The molecule has 2 atom stereocenters. The minimum Gasteiger partial charge on any atom is -0.481 e. The molecule has 0 amide bonds. The highest BCUT2D eigenvalue weighted by molar-refractivity contribution is 5.67. The summed E-state index contributed by atoms with van der Waals surface area (Å²) in [4.78, 5) is 13.4. The van der Waals surface area contributed by atoms with Crippen LogP contribution in [0.2, 0.25) is 0 Å². The van der Waals surface area contributed by atoms with Crippen molar-refractivity contribution in [1.29, 1.82) is 0 Å². The van der Waals surface area contributed by atoms with Crippen molar-refractivity contribution in [3.63, 3.8) is 0 Å². The molecule has 2 rings (SSSR count). The minimum atomic E-state index is -0.652. The molecule has 0 bridgehead atoms. The zero-order valence-electron chi connectivity index (χ0n) is 12.3. The molecule has 0 aromatic carbocycles. The lowest BCUT2D eigenvalue weighted by Crippen LogP contribution is -2.50. The number of carboxylic acids is 1. The molecular weight excluding hydrogens is 240 g/mol.